The zero-order valence-corrected chi connectivity index (χ0v) is 10.3. The van der Waals surface area contributed by atoms with Gasteiger partial charge in [0.05, 0.1) is 12.2 Å². The largest absolute Gasteiger partial charge is 0.325 e. The van der Waals surface area contributed by atoms with Gasteiger partial charge < -0.3 is 10.6 Å². The molecule has 2 rings (SSSR count). The van der Waals surface area contributed by atoms with Crippen molar-refractivity contribution in [3.05, 3.63) is 48.3 Å². The molecule has 0 saturated carbocycles. The molecule has 0 saturated heterocycles. The molecule has 0 aliphatic carbocycles. The Kier molecular flexibility index (Phi) is 4.09. The fourth-order valence-electron chi connectivity index (χ4n) is 1.59. The Bertz CT molecular complexity index is 507. The number of para-hydroxylation sites is 1. The molecule has 1 aromatic carbocycles. The number of anilines is 1. The number of hydrogen-bond acceptors (Lipinski definition) is 3. The minimum Gasteiger partial charge on any atom is -0.325 e. The molecule has 94 valence electrons. The summed E-state index contributed by atoms with van der Waals surface area (Å²) in [4.78, 5) is 11.6. The fourth-order valence-corrected chi connectivity index (χ4v) is 1.59. The van der Waals surface area contributed by atoms with Crippen molar-refractivity contribution in [2.45, 2.75) is 6.54 Å². The molecular formula is C13H16N4O. The molecular weight excluding hydrogens is 228 g/mol. The molecule has 0 aliphatic heterocycles. The first-order chi connectivity index (χ1) is 8.74. The van der Waals surface area contributed by atoms with E-state index in [0.29, 0.717) is 6.54 Å². The number of benzene rings is 1. The van der Waals surface area contributed by atoms with Crippen molar-refractivity contribution in [2.24, 2.45) is 7.05 Å². The first-order valence-electron chi connectivity index (χ1n) is 5.78. The van der Waals surface area contributed by atoms with E-state index in [2.05, 4.69) is 15.7 Å². The Morgan fingerprint density at radius 1 is 1.28 bits per heavy atom. The number of aromatic nitrogens is 2. The molecule has 0 aliphatic rings. The average molecular weight is 244 g/mol. The van der Waals surface area contributed by atoms with Crippen molar-refractivity contribution >= 4 is 11.6 Å². The predicted molar refractivity (Wildman–Crippen MR) is 70.0 cm³/mol. The van der Waals surface area contributed by atoms with Crippen molar-refractivity contribution in [3.63, 3.8) is 0 Å². The SMILES string of the molecule is Cn1ccc(CNCC(=O)Nc2ccccc2)n1. The zero-order valence-electron chi connectivity index (χ0n) is 10.3. The number of nitrogens with zero attached hydrogens (tertiary/aromatic N) is 2. The second-order valence-electron chi connectivity index (χ2n) is 4.00. The van der Waals surface area contributed by atoms with Gasteiger partial charge in [-0.25, -0.2) is 0 Å². The fraction of sp³-hybridized carbons (Fsp3) is 0.231. The van der Waals surface area contributed by atoms with E-state index in [1.807, 2.05) is 49.6 Å². The topological polar surface area (TPSA) is 59.0 Å². The highest BCUT2D eigenvalue weighted by Crippen LogP contribution is 2.04. The summed E-state index contributed by atoms with van der Waals surface area (Å²) in [5, 5.41) is 10.1. The second-order valence-corrected chi connectivity index (χ2v) is 4.00. The van der Waals surface area contributed by atoms with Gasteiger partial charge in [-0.05, 0) is 18.2 Å². The van der Waals surface area contributed by atoms with Gasteiger partial charge in [-0.1, -0.05) is 18.2 Å². The van der Waals surface area contributed by atoms with Crippen LogP contribution in [0.4, 0.5) is 5.69 Å². The molecule has 1 heterocycles. The van der Waals surface area contributed by atoms with Crippen molar-refractivity contribution in [1.82, 2.24) is 15.1 Å². The smallest absolute Gasteiger partial charge is 0.238 e. The Labute approximate surface area is 106 Å². The monoisotopic (exact) mass is 244 g/mol. The summed E-state index contributed by atoms with van der Waals surface area (Å²) in [5.41, 5.74) is 1.73. The lowest BCUT2D eigenvalue weighted by molar-refractivity contribution is -0.115. The first kappa shape index (κ1) is 12.3. The average Bonchev–Trinajstić information content (AvgIpc) is 2.76. The Morgan fingerprint density at radius 3 is 2.72 bits per heavy atom. The molecule has 0 fully saturated rings. The molecule has 1 aromatic heterocycles. The molecule has 5 nitrogen and oxygen atoms in total. The standard InChI is InChI=1S/C13H16N4O/c1-17-8-7-12(16-17)9-14-10-13(18)15-11-5-3-2-4-6-11/h2-8,14H,9-10H2,1H3,(H,15,18). The van der Waals surface area contributed by atoms with Crippen LogP contribution in [0.5, 0.6) is 0 Å². The van der Waals surface area contributed by atoms with Gasteiger partial charge in [0.15, 0.2) is 0 Å². The highest BCUT2D eigenvalue weighted by atomic mass is 16.1. The van der Waals surface area contributed by atoms with Gasteiger partial charge in [0.25, 0.3) is 0 Å². The van der Waals surface area contributed by atoms with Crippen LogP contribution in [0, 0.1) is 0 Å². The summed E-state index contributed by atoms with van der Waals surface area (Å²) in [7, 11) is 1.87. The van der Waals surface area contributed by atoms with Crippen LogP contribution in [0.25, 0.3) is 0 Å². The number of amides is 1. The van der Waals surface area contributed by atoms with E-state index in [9.17, 15) is 4.79 Å². The van der Waals surface area contributed by atoms with Gasteiger partial charge >= 0.3 is 0 Å². The van der Waals surface area contributed by atoms with Crippen molar-refractivity contribution in [3.8, 4) is 0 Å². The van der Waals surface area contributed by atoms with Gasteiger partial charge in [0, 0.05) is 25.5 Å². The van der Waals surface area contributed by atoms with E-state index in [4.69, 9.17) is 0 Å². The molecule has 0 bridgehead atoms. The van der Waals surface area contributed by atoms with E-state index >= 15 is 0 Å². The van der Waals surface area contributed by atoms with Crippen molar-refractivity contribution in [1.29, 1.82) is 0 Å². The number of nitrogens with one attached hydrogen (secondary N) is 2. The van der Waals surface area contributed by atoms with Crippen LogP contribution in [0.2, 0.25) is 0 Å². The maximum Gasteiger partial charge on any atom is 0.238 e. The lowest BCUT2D eigenvalue weighted by Gasteiger charge is -2.05. The summed E-state index contributed by atoms with van der Waals surface area (Å²) in [6.07, 6.45) is 1.88. The third-order valence-electron chi connectivity index (χ3n) is 2.42. The van der Waals surface area contributed by atoms with Crippen LogP contribution >= 0.6 is 0 Å². The number of carbonyl (C=O) groups excluding carboxylic acids is 1. The van der Waals surface area contributed by atoms with Gasteiger partial charge in [0.2, 0.25) is 5.91 Å². The summed E-state index contributed by atoms with van der Waals surface area (Å²) < 4.78 is 1.74. The Balaban J connectivity index is 1.72. The second kappa shape index (κ2) is 5.97. The number of carbonyl (C=O) groups is 1. The third-order valence-corrected chi connectivity index (χ3v) is 2.42. The van der Waals surface area contributed by atoms with Crippen LogP contribution in [0.3, 0.4) is 0 Å². The minimum atomic E-state index is -0.0582. The van der Waals surface area contributed by atoms with Crippen LogP contribution in [0.15, 0.2) is 42.6 Å². The number of hydrogen-bond donors (Lipinski definition) is 2. The molecule has 0 atom stereocenters. The molecule has 5 heteroatoms. The maximum absolute atomic E-state index is 11.6. The molecule has 2 N–H and O–H groups in total. The van der Waals surface area contributed by atoms with E-state index in [1.54, 1.807) is 4.68 Å². The first-order valence-corrected chi connectivity index (χ1v) is 5.78. The summed E-state index contributed by atoms with van der Waals surface area (Å²) in [6, 6.07) is 11.3. The molecule has 0 spiro atoms. The normalized spacial score (nSPS) is 10.3. The highest BCUT2D eigenvalue weighted by Gasteiger charge is 2.02. The molecule has 0 radical (unpaired) electrons. The summed E-state index contributed by atoms with van der Waals surface area (Å²) >= 11 is 0. The zero-order chi connectivity index (χ0) is 12.8. The highest BCUT2D eigenvalue weighted by molar-refractivity contribution is 5.92. The maximum atomic E-state index is 11.6. The van der Waals surface area contributed by atoms with Crippen LogP contribution in [0.1, 0.15) is 5.69 Å². The number of aryl methyl sites for hydroxylation is 1. The summed E-state index contributed by atoms with van der Waals surface area (Å²) in [6.45, 7) is 0.856. The van der Waals surface area contributed by atoms with Crippen LogP contribution in [-0.4, -0.2) is 22.2 Å². The number of rotatable bonds is 5. The van der Waals surface area contributed by atoms with E-state index in [-0.39, 0.29) is 12.5 Å². The molecule has 1 amide bonds. The van der Waals surface area contributed by atoms with Crippen LogP contribution in [-0.2, 0) is 18.4 Å². The third kappa shape index (κ3) is 3.71. The lowest BCUT2D eigenvalue weighted by Crippen LogP contribution is -2.27. The molecule has 0 unspecified atom stereocenters. The van der Waals surface area contributed by atoms with E-state index < -0.39 is 0 Å². The van der Waals surface area contributed by atoms with Gasteiger partial charge in [-0.15, -0.1) is 0 Å². The lowest BCUT2D eigenvalue weighted by atomic mass is 10.3. The Morgan fingerprint density at radius 2 is 2.06 bits per heavy atom. The van der Waals surface area contributed by atoms with E-state index in [1.165, 1.54) is 0 Å². The van der Waals surface area contributed by atoms with Crippen LogP contribution < -0.4 is 10.6 Å². The Hall–Kier alpha value is -2.14. The molecule has 2 aromatic rings. The predicted octanol–water partition coefficient (Wildman–Crippen LogP) is 1.15. The molecule has 18 heavy (non-hydrogen) atoms. The van der Waals surface area contributed by atoms with Crippen molar-refractivity contribution < 1.29 is 4.79 Å². The van der Waals surface area contributed by atoms with E-state index in [0.717, 1.165) is 11.4 Å². The quantitative estimate of drug-likeness (QED) is 0.829. The minimum absolute atomic E-state index is 0.0582. The summed E-state index contributed by atoms with van der Waals surface area (Å²) in [5.74, 6) is -0.0582. The van der Waals surface area contributed by atoms with Gasteiger partial charge in [-0.2, -0.15) is 5.10 Å². The van der Waals surface area contributed by atoms with Gasteiger partial charge in [-0.3, -0.25) is 9.48 Å². The van der Waals surface area contributed by atoms with Gasteiger partial charge in [0.1, 0.15) is 0 Å². The van der Waals surface area contributed by atoms with Crippen molar-refractivity contribution in [2.75, 3.05) is 11.9 Å².